The molecule has 0 radical (unpaired) electrons. The van der Waals surface area contributed by atoms with Crippen LogP contribution >= 0.6 is 0 Å². The zero-order valence-electron chi connectivity index (χ0n) is 11.0. The minimum atomic E-state index is -1.02. The topological polar surface area (TPSA) is 66.4 Å². The van der Waals surface area contributed by atoms with Crippen LogP contribution < -0.4 is 5.32 Å². The van der Waals surface area contributed by atoms with Crippen LogP contribution in [0.25, 0.3) is 0 Å². The van der Waals surface area contributed by atoms with Gasteiger partial charge < -0.3 is 10.4 Å². The molecule has 0 aliphatic heterocycles. The van der Waals surface area contributed by atoms with Gasteiger partial charge in [-0.2, -0.15) is 0 Å². The van der Waals surface area contributed by atoms with E-state index in [1.165, 1.54) is 0 Å². The van der Waals surface area contributed by atoms with E-state index in [2.05, 4.69) is 12.2 Å². The van der Waals surface area contributed by atoms with Crippen LogP contribution in [-0.4, -0.2) is 17.0 Å². The molecule has 1 aliphatic rings. The first-order valence-electron chi connectivity index (χ1n) is 6.67. The maximum Gasteiger partial charge on any atom is 0.330 e. The van der Waals surface area contributed by atoms with Crippen molar-refractivity contribution < 1.29 is 14.7 Å². The molecule has 0 heterocycles. The van der Waals surface area contributed by atoms with Crippen LogP contribution in [-0.2, 0) is 9.59 Å². The maximum atomic E-state index is 12.2. The summed E-state index contributed by atoms with van der Waals surface area (Å²) in [7, 11) is 0. The highest BCUT2D eigenvalue weighted by molar-refractivity contribution is 5.86. The molecule has 0 aromatic heterocycles. The predicted molar refractivity (Wildman–Crippen MR) is 71.5 cm³/mol. The number of carbonyl (C=O) groups is 2. The smallest absolute Gasteiger partial charge is 0.330 e. The molecule has 19 heavy (non-hydrogen) atoms. The number of aliphatic carboxylic acids is 1. The van der Waals surface area contributed by atoms with E-state index in [0.717, 1.165) is 19.3 Å². The Kier molecular flexibility index (Phi) is 4.20. The van der Waals surface area contributed by atoms with Crippen molar-refractivity contribution in [1.29, 1.82) is 0 Å². The zero-order valence-corrected chi connectivity index (χ0v) is 11.0. The average Bonchev–Trinajstić information content (AvgIpc) is 2.82. The van der Waals surface area contributed by atoms with E-state index in [1.807, 2.05) is 6.07 Å². The largest absolute Gasteiger partial charge is 0.479 e. The van der Waals surface area contributed by atoms with E-state index in [-0.39, 0.29) is 11.8 Å². The quantitative estimate of drug-likeness (QED) is 0.874. The van der Waals surface area contributed by atoms with Gasteiger partial charge in [0.15, 0.2) is 6.04 Å². The number of rotatable bonds is 4. The molecule has 102 valence electrons. The summed E-state index contributed by atoms with van der Waals surface area (Å²) in [6.45, 7) is 2.05. The van der Waals surface area contributed by atoms with Crippen molar-refractivity contribution in [3.63, 3.8) is 0 Å². The molecule has 4 nitrogen and oxygen atoms in total. The summed E-state index contributed by atoms with van der Waals surface area (Å²) in [4.78, 5) is 23.5. The number of carboxylic acids is 1. The van der Waals surface area contributed by atoms with Crippen LogP contribution in [0.5, 0.6) is 0 Å². The first-order chi connectivity index (χ1) is 9.09. The summed E-state index contributed by atoms with van der Waals surface area (Å²) in [6, 6.07) is 7.85. The van der Waals surface area contributed by atoms with Crippen LogP contribution in [0.3, 0.4) is 0 Å². The Hall–Kier alpha value is -1.84. The molecule has 2 rings (SSSR count). The fourth-order valence-electron chi connectivity index (χ4n) is 2.72. The Bertz CT molecular complexity index is 458. The molecule has 1 fully saturated rings. The van der Waals surface area contributed by atoms with Gasteiger partial charge in [-0.05, 0) is 24.3 Å². The van der Waals surface area contributed by atoms with Crippen molar-refractivity contribution in [2.75, 3.05) is 0 Å². The molecule has 1 aromatic carbocycles. The van der Waals surface area contributed by atoms with Crippen molar-refractivity contribution in [3.8, 4) is 0 Å². The van der Waals surface area contributed by atoms with Gasteiger partial charge in [0, 0.05) is 5.92 Å². The number of carboxylic acid groups (broad SMARTS) is 1. The van der Waals surface area contributed by atoms with Gasteiger partial charge in [-0.3, -0.25) is 4.79 Å². The highest BCUT2D eigenvalue weighted by Crippen LogP contribution is 2.31. The van der Waals surface area contributed by atoms with Gasteiger partial charge in [-0.1, -0.05) is 43.7 Å². The van der Waals surface area contributed by atoms with Crippen molar-refractivity contribution in [2.24, 2.45) is 11.8 Å². The molecule has 1 amide bonds. The first kappa shape index (κ1) is 13.6. The molecule has 3 atom stereocenters. The van der Waals surface area contributed by atoms with Gasteiger partial charge in [-0.25, -0.2) is 4.79 Å². The van der Waals surface area contributed by atoms with Crippen molar-refractivity contribution in [1.82, 2.24) is 5.32 Å². The summed E-state index contributed by atoms with van der Waals surface area (Å²) in [6.07, 6.45) is 2.94. The first-order valence-corrected chi connectivity index (χ1v) is 6.67. The molecule has 0 saturated heterocycles. The number of benzene rings is 1. The monoisotopic (exact) mass is 261 g/mol. The minimum absolute atomic E-state index is 0.0504. The number of carbonyl (C=O) groups excluding carboxylic acids is 1. The van der Waals surface area contributed by atoms with Crippen molar-refractivity contribution in [3.05, 3.63) is 35.9 Å². The van der Waals surface area contributed by atoms with E-state index < -0.39 is 12.0 Å². The Morgan fingerprint density at radius 3 is 2.47 bits per heavy atom. The second-order valence-corrected chi connectivity index (χ2v) is 5.21. The molecule has 2 N–H and O–H groups in total. The molecule has 1 aromatic rings. The number of hydrogen-bond acceptors (Lipinski definition) is 2. The minimum Gasteiger partial charge on any atom is -0.479 e. The third-order valence-electron chi connectivity index (χ3n) is 3.86. The zero-order chi connectivity index (χ0) is 13.8. The average molecular weight is 261 g/mol. The standard InChI is InChI=1S/C15H19NO3/c1-10-6-5-9-12(10)14(17)16-13(15(18)19)11-7-3-2-4-8-11/h2-4,7-8,10,12-13H,5-6,9H2,1H3,(H,16,17)(H,18,19). The number of amides is 1. The van der Waals surface area contributed by atoms with Gasteiger partial charge in [-0.15, -0.1) is 0 Å². The van der Waals surface area contributed by atoms with Gasteiger partial charge in [0.25, 0.3) is 0 Å². The maximum absolute atomic E-state index is 12.2. The van der Waals surface area contributed by atoms with E-state index in [4.69, 9.17) is 0 Å². The molecular formula is C15H19NO3. The number of hydrogen-bond donors (Lipinski definition) is 2. The van der Waals surface area contributed by atoms with Crippen LogP contribution in [0.15, 0.2) is 30.3 Å². The molecular weight excluding hydrogens is 242 g/mol. The molecule has 1 aliphatic carbocycles. The van der Waals surface area contributed by atoms with E-state index in [0.29, 0.717) is 11.5 Å². The normalized spacial score (nSPS) is 23.8. The lowest BCUT2D eigenvalue weighted by Crippen LogP contribution is -2.38. The third-order valence-corrected chi connectivity index (χ3v) is 3.86. The molecule has 3 unspecified atom stereocenters. The second kappa shape index (κ2) is 5.87. The van der Waals surface area contributed by atoms with Crippen molar-refractivity contribution >= 4 is 11.9 Å². The van der Waals surface area contributed by atoms with Gasteiger partial charge in [0.05, 0.1) is 0 Å². The predicted octanol–water partition coefficient (Wildman–Crippen LogP) is 2.36. The van der Waals surface area contributed by atoms with Crippen LogP contribution in [0.4, 0.5) is 0 Å². The van der Waals surface area contributed by atoms with Gasteiger partial charge >= 0.3 is 5.97 Å². The van der Waals surface area contributed by atoms with Gasteiger partial charge in [0.1, 0.15) is 0 Å². The lowest BCUT2D eigenvalue weighted by Gasteiger charge is -2.20. The molecule has 0 bridgehead atoms. The van der Waals surface area contributed by atoms with Gasteiger partial charge in [0.2, 0.25) is 5.91 Å². The summed E-state index contributed by atoms with van der Waals surface area (Å²) in [5.41, 5.74) is 0.606. The van der Waals surface area contributed by atoms with Crippen LogP contribution in [0.2, 0.25) is 0 Å². The second-order valence-electron chi connectivity index (χ2n) is 5.21. The number of nitrogens with one attached hydrogen (secondary N) is 1. The fourth-order valence-corrected chi connectivity index (χ4v) is 2.72. The summed E-state index contributed by atoms with van der Waals surface area (Å²) in [5, 5.41) is 11.9. The lowest BCUT2D eigenvalue weighted by molar-refractivity contribution is -0.142. The SMILES string of the molecule is CC1CCCC1C(=O)NC(C(=O)O)c1ccccc1. The Morgan fingerprint density at radius 2 is 1.95 bits per heavy atom. The Labute approximate surface area is 112 Å². The molecule has 1 saturated carbocycles. The lowest BCUT2D eigenvalue weighted by atomic mass is 9.96. The van der Waals surface area contributed by atoms with Crippen LogP contribution in [0.1, 0.15) is 37.8 Å². The Morgan fingerprint density at radius 1 is 1.26 bits per heavy atom. The summed E-state index contributed by atoms with van der Waals surface area (Å²) in [5.74, 6) is -0.873. The fraction of sp³-hybridized carbons (Fsp3) is 0.467. The van der Waals surface area contributed by atoms with E-state index in [1.54, 1.807) is 24.3 Å². The van der Waals surface area contributed by atoms with Crippen molar-refractivity contribution in [2.45, 2.75) is 32.2 Å². The summed E-state index contributed by atoms with van der Waals surface area (Å²) >= 11 is 0. The van der Waals surface area contributed by atoms with E-state index >= 15 is 0 Å². The Balaban J connectivity index is 2.09. The third kappa shape index (κ3) is 3.13. The van der Waals surface area contributed by atoms with Crippen LogP contribution in [0, 0.1) is 11.8 Å². The molecule has 4 heteroatoms. The highest BCUT2D eigenvalue weighted by atomic mass is 16.4. The molecule has 0 spiro atoms. The van der Waals surface area contributed by atoms with E-state index in [9.17, 15) is 14.7 Å². The highest BCUT2D eigenvalue weighted by Gasteiger charge is 2.32. The summed E-state index contributed by atoms with van der Waals surface area (Å²) < 4.78 is 0.